The van der Waals surface area contributed by atoms with E-state index in [0.29, 0.717) is 21.9 Å². The van der Waals surface area contributed by atoms with E-state index in [0.717, 1.165) is 29.2 Å². The number of pyridine rings is 1. The van der Waals surface area contributed by atoms with Crippen LogP contribution < -0.4 is 0 Å². The lowest BCUT2D eigenvalue weighted by Crippen LogP contribution is -2.48. The molecule has 30 heavy (non-hydrogen) atoms. The minimum Gasteiger partial charge on any atom is -0.377 e. The van der Waals surface area contributed by atoms with Crippen LogP contribution in [0.4, 0.5) is 17.6 Å². The van der Waals surface area contributed by atoms with Gasteiger partial charge in [0.15, 0.2) is 5.60 Å². The maximum absolute atomic E-state index is 15.7. The van der Waals surface area contributed by atoms with Crippen LogP contribution >= 0.6 is 11.6 Å². The summed E-state index contributed by atoms with van der Waals surface area (Å²) < 4.78 is 60.1. The average Bonchev–Trinajstić information content (AvgIpc) is 3.20. The Morgan fingerprint density at radius 3 is 2.53 bits per heavy atom. The van der Waals surface area contributed by atoms with Gasteiger partial charge < -0.3 is 5.11 Å². The zero-order chi connectivity index (χ0) is 21.5. The van der Waals surface area contributed by atoms with Crippen LogP contribution in [0.1, 0.15) is 11.3 Å². The van der Waals surface area contributed by atoms with Crippen molar-refractivity contribution in [3.05, 3.63) is 82.9 Å². The molecule has 0 amide bonds. The molecular weight excluding hydrogens is 426 g/mol. The van der Waals surface area contributed by atoms with Crippen molar-refractivity contribution in [3.63, 3.8) is 0 Å². The molecule has 2 aromatic heterocycles. The normalized spacial score (nSPS) is 14.1. The lowest BCUT2D eigenvalue weighted by molar-refractivity contribution is -0.207. The monoisotopic (exact) mass is 437 g/mol. The van der Waals surface area contributed by atoms with E-state index in [1.54, 1.807) is 6.07 Å². The van der Waals surface area contributed by atoms with Crippen molar-refractivity contribution in [3.8, 4) is 0 Å². The molecule has 0 aliphatic carbocycles. The molecule has 154 valence electrons. The van der Waals surface area contributed by atoms with Crippen molar-refractivity contribution in [1.29, 1.82) is 0 Å². The molecule has 11 heteroatoms. The Labute approximate surface area is 171 Å². The summed E-state index contributed by atoms with van der Waals surface area (Å²) in [4.78, 5) is 3.76. The highest BCUT2D eigenvalue weighted by Crippen LogP contribution is 2.47. The minimum absolute atomic E-state index is 0.383. The van der Waals surface area contributed by atoms with Crippen LogP contribution in [-0.4, -0.2) is 30.3 Å². The van der Waals surface area contributed by atoms with Gasteiger partial charge in [-0.3, -0.25) is 4.98 Å². The number of alkyl halides is 2. The number of hydrogen-bond donors (Lipinski definition) is 1. The Morgan fingerprint density at radius 1 is 1.03 bits per heavy atom. The molecule has 0 aliphatic rings. The van der Waals surface area contributed by atoms with Crippen LogP contribution in [-0.2, 0) is 18.1 Å². The van der Waals surface area contributed by atoms with E-state index in [4.69, 9.17) is 11.6 Å². The Kier molecular flexibility index (Phi) is 4.91. The fourth-order valence-electron chi connectivity index (χ4n) is 3.16. The van der Waals surface area contributed by atoms with Crippen molar-refractivity contribution in [2.45, 2.75) is 18.1 Å². The predicted molar refractivity (Wildman–Crippen MR) is 98.7 cm³/mol. The topological polar surface area (TPSA) is 76.7 Å². The molecule has 0 radical (unpaired) electrons. The Bertz CT molecular complexity index is 1220. The fraction of sp³-hybridized carbons (Fsp3) is 0.158. The Morgan fingerprint density at radius 2 is 1.83 bits per heavy atom. The molecule has 0 fully saturated rings. The van der Waals surface area contributed by atoms with E-state index in [2.05, 4.69) is 20.5 Å². The van der Waals surface area contributed by atoms with Crippen molar-refractivity contribution in [1.82, 2.24) is 25.2 Å². The quantitative estimate of drug-likeness (QED) is 0.480. The number of halogens is 5. The number of hydrogen-bond acceptors (Lipinski definition) is 5. The summed E-state index contributed by atoms with van der Waals surface area (Å²) in [6, 6.07) is 7.57. The third-order valence-corrected chi connectivity index (χ3v) is 4.92. The Hall–Kier alpha value is -3.11. The molecule has 0 spiro atoms. The van der Waals surface area contributed by atoms with Gasteiger partial charge in [0, 0.05) is 28.2 Å². The van der Waals surface area contributed by atoms with Gasteiger partial charge in [0.25, 0.3) is 0 Å². The van der Waals surface area contributed by atoms with Crippen LogP contribution in [0, 0.1) is 11.6 Å². The number of nitrogens with zero attached hydrogens (tertiary/aromatic N) is 5. The molecule has 6 nitrogen and oxygen atoms in total. The fourth-order valence-corrected chi connectivity index (χ4v) is 3.34. The number of aromatic nitrogens is 5. The second-order valence-corrected chi connectivity index (χ2v) is 7.06. The van der Waals surface area contributed by atoms with Crippen LogP contribution in [0.15, 0.2) is 55.0 Å². The largest absolute Gasteiger partial charge is 0.377 e. The molecule has 1 unspecified atom stereocenters. The van der Waals surface area contributed by atoms with E-state index < -0.39 is 41.0 Å². The van der Waals surface area contributed by atoms with Crippen molar-refractivity contribution >= 4 is 22.4 Å². The van der Waals surface area contributed by atoms with E-state index in [1.807, 2.05) is 0 Å². The molecule has 0 bridgehead atoms. The number of fused-ring (bicyclic) bond motifs is 1. The Balaban J connectivity index is 1.89. The second-order valence-electron chi connectivity index (χ2n) is 6.63. The first kappa shape index (κ1) is 20.2. The molecule has 1 atom stereocenters. The van der Waals surface area contributed by atoms with Gasteiger partial charge >= 0.3 is 5.92 Å². The first-order valence-electron chi connectivity index (χ1n) is 8.53. The number of aliphatic hydroxyl groups is 1. The van der Waals surface area contributed by atoms with Gasteiger partial charge in [-0.1, -0.05) is 17.7 Å². The van der Waals surface area contributed by atoms with Crippen LogP contribution in [0.3, 0.4) is 0 Å². The SMILES string of the molecule is OC(Cn1cnnn1)(c1ccc(F)cc1F)C(F)(F)c1cc2ccc(Cl)cc2cn1. The number of tetrazole rings is 1. The smallest absolute Gasteiger partial charge is 0.323 e. The molecule has 1 N–H and O–H groups in total. The number of rotatable bonds is 5. The molecule has 2 heterocycles. The van der Waals surface area contributed by atoms with Gasteiger partial charge in [0.1, 0.15) is 23.7 Å². The molecule has 2 aromatic carbocycles. The van der Waals surface area contributed by atoms with E-state index in [9.17, 15) is 13.9 Å². The van der Waals surface area contributed by atoms with Gasteiger partial charge in [0.05, 0.1) is 6.54 Å². The zero-order valence-corrected chi connectivity index (χ0v) is 15.7. The van der Waals surface area contributed by atoms with Crippen LogP contribution in [0.5, 0.6) is 0 Å². The van der Waals surface area contributed by atoms with E-state index in [-0.39, 0.29) is 0 Å². The van der Waals surface area contributed by atoms with Gasteiger partial charge in [-0.2, -0.15) is 8.78 Å². The highest BCUT2D eigenvalue weighted by atomic mass is 35.5. The van der Waals surface area contributed by atoms with Crippen molar-refractivity contribution in [2.24, 2.45) is 0 Å². The van der Waals surface area contributed by atoms with Gasteiger partial charge in [-0.05, 0) is 46.1 Å². The van der Waals surface area contributed by atoms with Gasteiger partial charge in [-0.15, -0.1) is 5.10 Å². The molecule has 4 aromatic rings. The molecule has 0 saturated heterocycles. The zero-order valence-electron chi connectivity index (χ0n) is 15.0. The maximum Gasteiger partial charge on any atom is 0.323 e. The summed E-state index contributed by atoms with van der Waals surface area (Å²) in [5.41, 5.74) is -4.84. The highest BCUT2D eigenvalue weighted by Gasteiger charge is 2.58. The van der Waals surface area contributed by atoms with Crippen LogP contribution in [0.2, 0.25) is 5.02 Å². The number of benzene rings is 2. The molecular formula is C19H12ClF4N5O. The third kappa shape index (κ3) is 3.37. The maximum atomic E-state index is 15.7. The molecule has 0 aliphatic heterocycles. The highest BCUT2D eigenvalue weighted by molar-refractivity contribution is 6.31. The first-order valence-corrected chi connectivity index (χ1v) is 8.91. The van der Waals surface area contributed by atoms with Gasteiger partial charge in [-0.25, -0.2) is 13.5 Å². The lowest BCUT2D eigenvalue weighted by Gasteiger charge is -2.35. The minimum atomic E-state index is -4.12. The van der Waals surface area contributed by atoms with Gasteiger partial charge in [0.2, 0.25) is 0 Å². The molecule has 4 rings (SSSR count). The summed E-state index contributed by atoms with van der Waals surface area (Å²) in [6.45, 7) is -0.921. The second kappa shape index (κ2) is 7.29. The lowest BCUT2D eigenvalue weighted by atomic mass is 9.84. The third-order valence-electron chi connectivity index (χ3n) is 4.68. The van der Waals surface area contributed by atoms with E-state index in [1.165, 1.54) is 18.3 Å². The summed E-state index contributed by atoms with van der Waals surface area (Å²) in [5.74, 6) is -6.45. The first-order chi connectivity index (χ1) is 14.2. The average molecular weight is 438 g/mol. The summed E-state index contributed by atoms with van der Waals surface area (Å²) in [5, 5.41) is 22.6. The van der Waals surface area contributed by atoms with Crippen molar-refractivity contribution < 1.29 is 22.7 Å². The van der Waals surface area contributed by atoms with E-state index >= 15 is 8.78 Å². The standard InChI is InChI=1S/C19H12ClF4N5O/c20-13-2-1-11-6-17(25-8-12(11)5-13)19(23,24)18(30,9-29-10-26-27-28-29)15-4-3-14(21)7-16(15)22/h1-8,10,30H,9H2. The summed E-state index contributed by atoms with van der Waals surface area (Å²) >= 11 is 5.90. The molecule has 0 saturated carbocycles. The van der Waals surface area contributed by atoms with Crippen molar-refractivity contribution in [2.75, 3.05) is 0 Å². The van der Waals surface area contributed by atoms with Crippen LogP contribution in [0.25, 0.3) is 10.8 Å². The summed E-state index contributed by atoms with van der Waals surface area (Å²) in [6.07, 6.45) is 2.15. The predicted octanol–water partition coefficient (Wildman–Crippen LogP) is 3.83. The summed E-state index contributed by atoms with van der Waals surface area (Å²) in [7, 11) is 0.